The number of aromatic carboxylic acids is 1. The molecule has 0 bridgehead atoms. The van der Waals surface area contributed by atoms with Gasteiger partial charge in [0.1, 0.15) is 4.88 Å². The molecule has 3 N–H and O–H groups in total. The van der Waals surface area contributed by atoms with Crippen molar-refractivity contribution < 1.29 is 9.90 Å². The van der Waals surface area contributed by atoms with E-state index in [-0.39, 0.29) is 15.8 Å². The van der Waals surface area contributed by atoms with Crippen molar-refractivity contribution >= 4 is 28.2 Å². The summed E-state index contributed by atoms with van der Waals surface area (Å²) in [5, 5.41) is 10.2. The summed E-state index contributed by atoms with van der Waals surface area (Å²) in [5.41, 5.74) is -1.07. The quantitative estimate of drug-likeness (QED) is 0.617. The zero-order valence-corrected chi connectivity index (χ0v) is 7.47. The molecule has 2 heterocycles. The third-order valence-electron chi connectivity index (χ3n) is 1.69. The van der Waals surface area contributed by atoms with Crippen molar-refractivity contribution in [3.05, 3.63) is 31.1 Å². The van der Waals surface area contributed by atoms with Crippen LogP contribution in [0.1, 0.15) is 9.67 Å². The molecule has 0 amide bonds. The molecule has 7 heteroatoms. The Kier molecular flexibility index (Phi) is 1.74. The molecule has 2 aromatic heterocycles. The molecule has 14 heavy (non-hydrogen) atoms. The summed E-state index contributed by atoms with van der Waals surface area (Å²) in [6.45, 7) is 0. The van der Waals surface area contributed by atoms with E-state index in [9.17, 15) is 14.4 Å². The first kappa shape index (κ1) is 8.70. The van der Waals surface area contributed by atoms with Crippen LogP contribution < -0.4 is 11.2 Å². The minimum absolute atomic E-state index is 0.0158. The second-order valence-corrected chi connectivity index (χ2v) is 3.45. The Labute approximate surface area is 79.8 Å². The fourth-order valence-corrected chi connectivity index (χ4v) is 1.99. The Morgan fingerprint density at radius 2 is 2.07 bits per heavy atom. The van der Waals surface area contributed by atoms with Crippen LogP contribution in [0.15, 0.2) is 15.0 Å². The number of thiophene rings is 1. The lowest BCUT2D eigenvalue weighted by molar-refractivity contribution is 0.0704. The monoisotopic (exact) mass is 212 g/mol. The van der Waals surface area contributed by atoms with E-state index in [4.69, 9.17) is 5.11 Å². The maximum Gasteiger partial charge on any atom is 0.346 e. The third kappa shape index (κ3) is 1.14. The molecule has 0 radical (unpaired) electrons. The van der Waals surface area contributed by atoms with Crippen LogP contribution in [0.5, 0.6) is 0 Å². The first-order valence-electron chi connectivity index (χ1n) is 3.56. The molecule has 72 valence electrons. The maximum atomic E-state index is 11.3. The Hall–Kier alpha value is -1.89. The molecule has 2 rings (SSSR count). The normalized spacial score (nSPS) is 10.6. The molecular weight excluding hydrogens is 208 g/mol. The predicted octanol–water partition coefficient (Wildman–Crippen LogP) is -0.0239. The number of aromatic nitrogens is 2. The van der Waals surface area contributed by atoms with E-state index in [1.807, 2.05) is 4.98 Å². The van der Waals surface area contributed by atoms with Crippen molar-refractivity contribution in [2.24, 2.45) is 0 Å². The number of nitrogens with one attached hydrogen (secondary N) is 2. The van der Waals surface area contributed by atoms with Crippen LogP contribution in [-0.2, 0) is 0 Å². The van der Waals surface area contributed by atoms with Gasteiger partial charge in [0.2, 0.25) is 0 Å². The molecule has 0 saturated heterocycles. The highest BCUT2D eigenvalue weighted by Gasteiger charge is 2.14. The number of aromatic amines is 2. The minimum atomic E-state index is -1.18. The molecule has 0 aliphatic heterocycles. The van der Waals surface area contributed by atoms with Gasteiger partial charge in [0.15, 0.2) is 0 Å². The van der Waals surface area contributed by atoms with Gasteiger partial charge >= 0.3 is 11.7 Å². The van der Waals surface area contributed by atoms with E-state index in [1.54, 1.807) is 0 Å². The van der Waals surface area contributed by atoms with Crippen molar-refractivity contribution in [3.63, 3.8) is 0 Å². The highest BCUT2D eigenvalue weighted by Crippen LogP contribution is 2.19. The van der Waals surface area contributed by atoms with Crippen molar-refractivity contribution in [2.45, 2.75) is 0 Å². The average molecular weight is 212 g/mol. The molecule has 0 fully saturated rings. The largest absolute Gasteiger partial charge is 0.477 e. The molecular formula is C7H4N2O4S. The molecule has 0 unspecified atom stereocenters. The van der Waals surface area contributed by atoms with E-state index in [0.29, 0.717) is 0 Å². The Morgan fingerprint density at radius 1 is 1.36 bits per heavy atom. The van der Waals surface area contributed by atoms with Gasteiger partial charge < -0.3 is 10.1 Å². The fraction of sp³-hybridized carbons (Fsp3) is 0. The van der Waals surface area contributed by atoms with E-state index in [1.165, 1.54) is 5.38 Å². The standard InChI is InChI=1S/C7H4N2O4S/c10-5-3-2(8-7(13)9-5)1-14-4(3)6(11)12/h1H,(H,11,12)(H2,8,9,10,13). The fourth-order valence-electron chi connectivity index (χ4n) is 1.15. The number of H-pyrrole nitrogens is 2. The smallest absolute Gasteiger partial charge is 0.346 e. The summed E-state index contributed by atoms with van der Waals surface area (Å²) >= 11 is 0.904. The first-order chi connectivity index (χ1) is 6.59. The zero-order chi connectivity index (χ0) is 10.3. The molecule has 0 aliphatic carbocycles. The molecule has 0 saturated carbocycles. The van der Waals surface area contributed by atoms with Gasteiger partial charge in [0, 0.05) is 5.38 Å². The summed E-state index contributed by atoms with van der Waals surface area (Å²) in [6.07, 6.45) is 0. The van der Waals surface area contributed by atoms with Crippen LogP contribution in [0, 0.1) is 0 Å². The van der Waals surface area contributed by atoms with Gasteiger partial charge in [0.05, 0.1) is 10.9 Å². The van der Waals surface area contributed by atoms with Gasteiger partial charge in [0.25, 0.3) is 5.56 Å². The Bertz CT molecular complexity index is 620. The van der Waals surface area contributed by atoms with Crippen molar-refractivity contribution in [2.75, 3.05) is 0 Å². The highest BCUT2D eigenvalue weighted by atomic mass is 32.1. The van der Waals surface area contributed by atoms with E-state index in [2.05, 4.69) is 4.98 Å². The summed E-state index contributed by atoms with van der Waals surface area (Å²) < 4.78 is 0. The second-order valence-electron chi connectivity index (χ2n) is 2.57. The molecule has 0 atom stereocenters. The number of hydrogen-bond acceptors (Lipinski definition) is 4. The first-order valence-corrected chi connectivity index (χ1v) is 4.44. The predicted molar refractivity (Wildman–Crippen MR) is 50.0 cm³/mol. The van der Waals surface area contributed by atoms with Crippen LogP contribution in [0.3, 0.4) is 0 Å². The summed E-state index contributed by atoms with van der Waals surface area (Å²) in [7, 11) is 0. The Balaban J connectivity index is 3.00. The van der Waals surface area contributed by atoms with Gasteiger partial charge in [-0.15, -0.1) is 11.3 Å². The van der Waals surface area contributed by atoms with Crippen LogP contribution in [0.4, 0.5) is 0 Å². The zero-order valence-electron chi connectivity index (χ0n) is 6.66. The minimum Gasteiger partial charge on any atom is -0.477 e. The lowest BCUT2D eigenvalue weighted by Crippen LogP contribution is -2.22. The average Bonchev–Trinajstić information content (AvgIpc) is 2.47. The summed E-state index contributed by atoms with van der Waals surface area (Å²) in [5.74, 6) is -1.18. The van der Waals surface area contributed by atoms with Crippen molar-refractivity contribution in [1.29, 1.82) is 0 Å². The number of fused-ring (bicyclic) bond motifs is 1. The molecule has 0 aromatic carbocycles. The SMILES string of the molecule is O=C(O)c1scc2[nH]c(=O)[nH]c(=O)c12. The molecule has 0 aliphatic rings. The maximum absolute atomic E-state index is 11.3. The van der Waals surface area contributed by atoms with Crippen LogP contribution >= 0.6 is 11.3 Å². The number of rotatable bonds is 1. The number of carbonyl (C=O) groups is 1. The van der Waals surface area contributed by atoms with Crippen molar-refractivity contribution in [1.82, 2.24) is 9.97 Å². The Morgan fingerprint density at radius 3 is 2.71 bits per heavy atom. The molecule has 6 nitrogen and oxygen atoms in total. The van der Waals surface area contributed by atoms with E-state index in [0.717, 1.165) is 11.3 Å². The van der Waals surface area contributed by atoms with Crippen LogP contribution in [0.2, 0.25) is 0 Å². The van der Waals surface area contributed by atoms with Crippen LogP contribution in [-0.4, -0.2) is 21.0 Å². The summed E-state index contributed by atoms with van der Waals surface area (Å²) in [4.78, 5) is 37.0. The van der Waals surface area contributed by atoms with Gasteiger partial charge in [-0.05, 0) is 0 Å². The highest BCUT2D eigenvalue weighted by molar-refractivity contribution is 7.13. The topological polar surface area (TPSA) is 103 Å². The van der Waals surface area contributed by atoms with E-state index >= 15 is 0 Å². The number of hydrogen-bond donors (Lipinski definition) is 3. The lowest BCUT2D eigenvalue weighted by atomic mass is 10.3. The number of carboxylic acid groups (broad SMARTS) is 1. The van der Waals surface area contributed by atoms with Crippen molar-refractivity contribution in [3.8, 4) is 0 Å². The van der Waals surface area contributed by atoms with Gasteiger partial charge in [-0.1, -0.05) is 0 Å². The van der Waals surface area contributed by atoms with Crippen LogP contribution in [0.25, 0.3) is 10.9 Å². The van der Waals surface area contributed by atoms with E-state index < -0.39 is 17.2 Å². The van der Waals surface area contributed by atoms with Gasteiger partial charge in [-0.2, -0.15) is 0 Å². The number of carboxylic acids is 1. The van der Waals surface area contributed by atoms with Gasteiger partial charge in [-0.3, -0.25) is 9.78 Å². The lowest BCUT2D eigenvalue weighted by Gasteiger charge is -1.89. The molecule has 0 spiro atoms. The summed E-state index contributed by atoms with van der Waals surface area (Å²) in [6, 6.07) is 0. The third-order valence-corrected chi connectivity index (χ3v) is 2.66. The van der Waals surface area contributed by atoms with Gasteiger partial charge in [-0.25, -0.2) is 9.59 Å². The molecule has 2 aromatic rings. The second kappa shape index (κ2) is 2.81.